The van der Waals surface area contributed by atoms with Crippen LogP contribution in [0.5, 0.6) is 0 Å². The average molecular weight is 277 g/mol. The van der Waals surface area contributed by atoms with Crippen molar-refractivity contribution in [2.24, 2.45) is 0 Å². The molecule has 0 saturated heterocycles. The highest BCUT2D eigenvalue weighted by atomic mass is 16.5. The molecule has 20 heavy (non-hydrogen) atoms. The fraction of sp³-hybridized carbons (Fsp3) is 0.500. The summed E-state index contributed by atoms with van der Waals surface area (Å²) in [6.45, 7) is 6.30. The molecule has 4 nitrogen and oxygen atoms in total. The van der Waals surface area contributed by atoms with Crippen molar-refractivity contribution in [3.63, 3.8) is 0 Å². The molecular formula is C16H23NO3. The Bertz CT molecular complexity index is 469. The predicted molar refractivity (Wildman–Crippen MR) is 78.4 cm³/mol. The Kier molecular flexibility index (Phi) is 6.22. The maximum atomic E-state index is 12.3. The van der Waals surface area contributed by atoms with E-state index in [1.165, 1.54) is 7.11 Å². The molecule has 0 heterocycles. The first-order valence-electron chi connectivity index (χ1n) is 6.86. The van der Waals surface area contributed by atoms with Crippen LogP contribution >= 0.6 is 0 Å². The van der Waals surface area contributed by atoms with Crippen molar-refractivity contribution in [1.29, 1.82) is 0 Å². The lowest BCUT2D eigenvalue weighted by atomic mass is 10.1. The van der Waals surface area contributed by atoms with Gasteiger partial charge in [0.1, 0.15) is 0 Å². The number of benzene rings is 1. The summed E-state index contributed by atoms with van der Waals surface area (Å²) in [7, 11) is 1.36. The summed E-state index contributed by atoms with van der Waals surface area (Å²) < 4.78 is 4.62. The highest BCUT2D eigenvalue weighted by Crippen LogP contribution is 2.09. The van der Waals surface area contributed by atoms with Gasteiger partial charge in [0, 0.05) is 12.6 Å². The van der Waals surface area contributed by atoms with Gasteiger partial charge in [-0.15, -0.1) is 0 Å². The number of methoxy groups -OCH3 is 1. The van der Waals surface area contributed by atoms with Crippen molar-refractivity contribution in [3.05, 3.63) is 35.4 Å². The third-order valence-corrected chi connectivity index (χ3v) is 3.17. The molecule has 1 amide bonds. The van der Waals surface area contributed by atoms with E-state index in [0.29, 0.717) is 13.0 Å². The Labute approximate surface area is 120 Å². The largest absolute Gasteiger partial charge is 0.469 e. The maximum absolute atomic E-state index is 12.3. The minimum Gasteiger partial charge on any atom is -0.469 e. The van der Waals surface area contributed by atoms with E-state index in [1.807, 2.05) is 45.0 Å². The number of rotatable bonds is 6. The van der Waals surface area contributed by atoms with Gasteiger partial charge >= 0.3 is 5.97 Å². The van der Waals surface area contributed by atoms with E-state index in [9.17, 15) is 9.59 Å². The minimum atomic E-state index is -0.293. The summed E-state index contributed by atoms with van der Waals surface area (Å²) in [6, 6.07) is 7.98. The van der Waals surface area contributed by atoms with Gasteiger partial charge in [-0.2, -0.15) is 0 Å². The van der Waals surface area contributed by atoms with Crippen molar-refractivity contribution in [2.45, 2.75) is 39.7 Å². The number of hydrogen-bond donors (Lipinski definition) is 0. The molecule has 0 aliphatic rings. The third kappa shape index (κ3) is 5.03. The van der Waals surface area contributed by atoms with Gasteiger partial charge in [-0.3, -0.25) is 9.59 Å². The van der Waals surface area contributed by atoms with E-state index >= 15 is 0 Å². The second-order valence-corrected chi connectivity index (χ2v) is 5.17. The molecule has 0 aromatic heterocycles. The molecule has 1 aromatic carbocycles. The molecule has 0 atom stereocenters. The number of hydrogen-bond acceptors (Lipinski definition) is 3. The summed E-state index contributed by atoms with van der Waals surface area (Å²) >= 11 is 0. The number of aryl methyl sites for hydroxylation is 1. The molecule has 0 N–H and O–H groups in total. The molecule has 0 spiro atoms. The van der Waals surface area contributed by atoms with E-state index in [2.05, 4.69) is 4.74 Å². The van der Waals surface area contributed by atoms with E-state index in [-0.39, 0.29) is 24.3 Å². The first kappa shape index (κ1) is 16.2. The number of amides is 1. The maximum Gasteiger partial charge on any atom is 0.307 e. The molecule has 0 radical (unpaired) electrons. The van der Waals surface area contributed by atoms with Crippen molar-refractivity contribution >= 4 is 11.9 Å². The van der Waals surface area contributed by atoms with E-state index in [1.54, 1.807) is 4.90 Å². The summed E-state index contributed by atoms with van der Waals surface area (Å²) in [5.41, 5.74) is 2.14. The first-order valence-corrected chi connectivity index (χ1v) is 6.86. The molecule has 0 aliphatic carbocycles. The fourth-order valence-corrected chi connectivity index (χ4v) is 2.08. The van der Waals surface area contributed by atoms with Gasteiger partial charge in [0.25, 0.3) is 0 Å². The third-order valence-electron chi connectivity index (χ3n) is 3.17. The van der Waals surface area contributed by atoms with Crippen molar-refractivity contribution in [2.75, 3.05) is 13.7 Å². The molecule has 0 unspecified atom stereocenters. The number of nitrogens with zero attached hydrogens (tertiary/aromatic N) is 1. The lowest BCUT2D eigenvalue weighted by molar-refractivity contribution is -0.142. The van der Waals surface area contributed by atoms with Gasteiger partial charge in [0.15, 0.2) is 0 Å². The Morgan fingerprint density at radius 1 is 1.30 bits per heavy atom. The first-order chi connectivity index (χ1) is 9.43. The molecule has 0 bridgehead atoms. The van der Waals surface area contributed by atoms with Gasteiger partial charge < -0.3 is 9.64 Å². The van der Waals surface area contributed by atoms with Crippen LogP contribution in [0.25, 0.3) is 0 Å². The number of carbonyl (C=O) groups is 2. The molecule has 0 fully saturated rings. The quantitative estimate of drug-likeness (QED) is 0.750. The van der Waals surface area contributed by atoms with Crippen LogP contribution in [0, 0.1) is 6.92 Å². The van der Waals surface area contributed by atoms with Crippen molar-refractivity contribution in [1.82, 2.24) is 4.90 Å². The van der Waals surface area contributed by atoms with E-state index in [0.717, 1.165) is 11.1 Å². The standard InChI is InChI=1S/C16H23NO3/c1-12(2)17(9-8-16(19)20-4)15(18)11-14-7-5-6-13(3)10-14/h5-7,10,12H,8-9,11H2,1-4H3. The number of esters is 1. The zero-order chi connectivity index (χ0) is 15.1. The second-order valence-electron chi connectivity index (χ2n) is 5.17. The van der Waals surface area contributed by atoms with Crippen LogP contribution in [0.1, 0.15) is 31.4 Å². The summed E-state index contributed by atoms with van der Waals surface area (Å²) in [6.07, 6.45) is 0.593. The SMILES string of the molecule is COC(=O)CCN(C(=O)Cc1cccc(C)c1)C(C)C. The Morgan fingerprint density at radius 2 is 2.00 bits per heavy atom. The predicted octanol–water partition coefficient (Wildman–Crippen LogP) is 2.34. The lowest BCUT2D eigenvalue weighted by Gasteiger charge is -2.26. The monoisotopic (exact) mass is 277 g/mol. The smallest absolute Gasteiger partial charge is 0.307 e. The topological polar surface area (TPSA) is 46.6 Å². The van der Waals surface area contributed by atoms with Crippen LogP contribution in [0.3, 0.4) is 0 Å². The number of ether oxygens (including phenoxy) is 1. The number of carbonyl (C=O) groups excluding carboxylic acids is 2. The summed E-state index contributed by atoms with van der Waals surface area (Å²) in [5.74, 6) is -0.256. The molecule has 0 aliphatic heterocycles. The highest BCUT2D eigenvalue weighted by Gasteiger charge is 2.18. The average Bonchev–Trinajstić information content (AvgIpc) is 2.38. The molecule has 1 aromatic rings. The van der Waals surface area contributed by atoms with Gasteiger partial charge in [-0.25, -0.2) is 0 Å². The zero-order valence-corrected chi connectivity index (χ0v) is 12.7. The van der Waals surface area contributed by atoms with Crippen molar-refractivity contribution in [3.8, 4) is 0 Å². The van der Waals surface area contributed by atoms with Crippen LogP contribution in [-0.2, 0) is 20.7 Å². The van der Waals surface area contributed by atoms with Gasteiger partial charge in [-0.05, 0) is 26.3 Å². The Balaban J connectivity index is 2.67. The molecule has 110 valence electrons. The summed E-state index contributed by atoms with van der Waals surface area (Å²) in [4.78, 5) is 25.3. The molecule has 4 heteroatoms. The normalized spacial score (nSPS) is 10.4. The van der Waals surface area contributed by atoms with Crippen LogP contribution in [0.15, 0.2) is 24.3 Å². The molecule has 1 rings (SSSR count). The minimum absolute atomic E-state index is 0.0366. The second kappa shape index (κ2) is 7.68. The lowest BCUT2D eigenvalue weighted by Crippen LogP contribution is -2.39. The zero-order valence-electron chi connectivity index (χ0n) is 12.7. The highest BCUT2D eigenvalue weighted by molar-refractivity contribution is 5.79. The van der Waals surface area contributed by atoms with Gasteiger partial charge in [0.2, 0.25) is 5.91 Å². The Hall–Kier alpha value is -1.84. The van der Waals surface area contributed by atoms with E-state index < -0.39 is 0 Å². The molecule has 0 saturated carbocycles. The fourth-order valence-electron chi connectivity index (χ4n) is 2.08. The summed E-state index contributed by atoms with van der Waals surface area (Å²) in [5, 5.41) is 0. The van der Waals surface area contributed by atoms with Gasteiger partial charge in [0.05, 0.1) is 20.0 Å². The van der Waals surface area contributed by atoms with Crippen LogP contribution in [0.4, 0.5) is 0 Å². The molecular weight excluding hydrogens is 254 g/mol. The van der Waals surface area contributed by atoms with Crippen LogP contribution in [0.2, 0.25) is 0 Å². The van der Waals surface area contributed by atoms with Crippen LogP contribution < -0.4 is 0 Å². The Morgan fingerprint density at radius 3 is 2.55 bits per heavy atom. The van der Waals surface area contributed by atoms with Crippen molar-refractivity contribution < 1.29 is 14.3 Å². The van der Waals surface area contributed by atoms with Gasteiger partial charge in [-0.1, -0.05) is 29.8 Å². The van der Waals surface area contributed by atoms with Crippen LogP contribution in [-0.4, -0.2) is 36.5 Å². The van der Waals surface area contributed by atoms with E-state index in [4.69, 9.17) is 0 Å².